The fourth-order valence-electron chi connectivity index (χ4n) is 3.01. The van der Waals surface area contributed by atoms with Crippen LogP contribution in [0.15, 0.2) is 35.5 Å². The van der Waals surface area contributed by atoms with Gasteiger partial charge in [-0.1, -0.05) is 31.2 Å². The number of carbonyl (C=O) groups excluding carboxylic acids is 1. The first-order valence-corrected chi connectivity index (χ1v) is 10.2. The van der Waals surface area contributed by atoms with Gasteiger partial charge in [0.2, 0.25) is 5.91 Å². The van der Waals surface area contributed by atoms with Crippen LogP contribution in [0, 0.1) is 0 Å². The van der Waals surface area contributed by atoms with Crippen molar-refractivity contribution in [1.29, 1.82) is 0 Å². The van der Waals surface area contributed by atoms with Crippen LogP contribution in [0.3, 0.4) is 0 Å². The molecular formula is C20H28IN5OS. The Hall–Kier alpha value is -1.68. The zero-order valence-electron chi connectivity index (χ0n) is 16.4. The lowest BCUT2D eigenvalue weighted by molar-refractivity contribution is -0.128. The zero-order valence-corrected chi connectivity index (χ0v) is 19.5. The Balaban J connectivity index is 0.00000280. The largest absolute Gasteiger partial charge is 0.352 e. The SMILES string of the molecule is CCc1cnc(CNC(=NC)NCc2ccc(CN3CCCC3=O)cc2)s1.I. The van der Waals surface area contributed by atoms with Crippen LogP contribution >= 0.6 is 35.3 Å². The summed E-state index contributed by atoms with van der Waals surface area (Å²) in [7, 11) is 1.77. The molecule has 0 radical (unpaired) electrons. The highest BCUT2D eigenvalue weighted by molar-refractivity contribution is 14.0. The molecule has 1 amide bonds. The van der Waals surface area contributed by atoms with E-state index in [4.69, 9.17) is 0 Å². The number of hydrogen-bond donors (Lipinski definition) is 2. The van der Waals surface area contributed by atoms with Gasteiger partial charge in [0.05, 0.1) is 6.54 Å². The van der Waals surface area contributed by atoms with Crippen molar-refractivity contribution in [3.63, 3.8) is 0 Å². The smallest absolute Gasteiger partial charge is 0.222 e. The number of aliphatic imine (C=N–C) groups is 1. The summed E-state index contributed by atoms with van der Waals surface area (Å²) >= 11 is 1.73. The number of amides is 1. The van der Waals surface area contributed by atoms with Gasteiger partial charge in [0.25, 0.3) is 0 Å². The van der Waals surface area contributed by atoms with Crippen LogP contribution in [0.4, 0.5) is 0 Å². The molecule has 152 valence electrons. The van der Waals surface area contributed by atoms with Crippen molar-refractivity contribution in [1.82, 2.24) is 20.5 Å². The van der Waals surface area contributed by atoms with Crippen LogP contribution in [-0.2, 0) is 30.8 Å². The van der Waals surface area contributed by atoms with Crippen LogP contribution in [-0.4, -0.2) is 35.3 Å². The van der Waals surface area contributed by atoms with Crippen LogP contribution < -0.4 is 10.6 Å². The summed E-state index contributed by atoms with van der Waals surface area (Å²) in [5.74, 6) is 1.02. The van der Waals surface area contributed by atoms with Gasteiger partial charge >= 0.3 is 0 Å². The van der Waals surface area contributed by atoms with Gasteiger partial charge in [-0.15, -0.1) is 35.3 Å². The number of thiazole rings is 1. The number of aryl methyl sites for hydroxylation is 1. The molecule has 28 heavy (non-hydrogen) atoms. The van der Waals surface area contributed by atoms with E-state index in [-0.39, 0.29) is 29.9 Å². The molecular weight excluding hydrogens is 485 g/mol. The molecule has 0 spiro atoms. The van der Waals surface area contributed by atoms with E-state index in [1.54, 1.807) is 18.4 Å². The van der Waals surface area contributed by atoms with E-state index in [9.17, 15) is 4.79 Å². The molecule has 1 aliphatic rings. The lowest BCUT2D eigenvalue weighted by Gasteiger charge is -2.16. The third-order valence-electron chi connectivity index (χ3n) is 4.61. The Morgan fingerprint density at radius 1 is 1.21 bits per heavy atom. The van der Waals surface area contributed by atoms with E-state index in [0.29, 0.717) is 26.1 Å². The summed E-state index contributed by atoms with van der Waals surface area (Å²) in [6.45, 7) is 5.10. The van der Waals surface area contributed by atoms with Crippen LogP contribution in [0.25, 0.3) is 0 Å². The first-order valence-electron chi connectivity index (χ1n) is 9.41. The molecule has 0 bridgehead atoms. The third-order valence-corrected chi connectivity index (χ3v) is 5.75. The number of likely N-dealkylation sites (tertiary alicyclic amines) is 1. The number of carbonyl (C=O) groups is 1. The third kappa shape index (κ3) is 6.44. The molecule has 1 saturated heterocycles. The van der Waals surface area contributed by atoms with Gasteiger partial charge in [-0.05, 0) is 24.0 Å². The second-order valence-corrected chi connectivity index (χ2v) is 7.79. The van der Waals surface area contributed by atoms with E-state index in [2.05, 4.69) is 51.8 Å². The highest BCUT2D eigenvalue weighted by atomic mass is 127. The number of nitrogens with one attached hydrogen (secondary N) is 2. The summed E-state index contributed by atoms with van der Waals surface area (Å²) in [4.78, 5) is 23.6. The highest BCUT2D eigenvalue weighted by Crippen LogP contribution is 2.15. The molecule has 2 N–H and O–H groups in total. The van der Waals surface area contributed by atoms with Gasteiger partial charge in [0.15, 0.2) is 5.96 Å². The Morgan fingerprint density at radius 3 is 2.54 bits per heavy atom. The summed E-state index contributed by atoms with van der Waals surface area (Å²) < 4.78 is 0. The number of halogens is 1. The lowest BCUT2D eigenvalue weighted by atomic mass is 10.1. The molecule has 1 aromatic heterocycles. The van der Waals surface area contributed by atoms with E-state index in [1.165, 1.54) is 16.0 Å². The van der Waals surface area contributed by atoms with Crippen molar-refractivity contribution in [2.24, 2.45) is 4.99 Å². The molecule has 2 heterocycles. The van der Waals surface area contributed by atoms with Gasteiger partial charge in [-0.3, -0.25) is 9.79 Å². The average molecular weight is 513 g/mol. The lowest BCUT2D eigenvalue weighted by Crippen LogP contribution is -2.36. The second kappa shape index (κ2) is 11.4. The summed E-state index contributed by atoms with van der Waals surface area (Å²) in [5.41, 5.74) is 2.35. The fraction of sp³-hybridized carbons (Fsp3) is 0.450. The van der Waals surface area contributed by atoms with Crippen LogP contribution in [0.1, 0.15) is 40.8 Å². The first kappa shape index (κ1) is 22.6. The van der Waals surface area contributed by atoms with E-state index in [0.717, 1.165) is 30.4 Å². The van der Waals surface area contributed by atoms with Gasteiger partial charge in [0, 0.05) is 44.2 Å². The molecule has 0 saturated carbocycles. The Kier molecular flexibility index (Phi) is 9.17. The topological polar surface area (TPSA) is 69.6 Å². The van der Waals surface area contributed by atoms with Gasteiger partial charge < -0.3 is 15.5 Å². The Morgan fingerprint density at radius 2 is 1.93 bits per heavy atom. The second-order valence-electron chi connectivity index (χ2n) is 6.59. The number of guanidine groups is 1. The maximum atomic E-state index is 11.7. The molecule has 0 unspecified atom stereocenters. The summed E-state index contributed by atoms with van der Waals surface area (Å²) in [6, 6.07) is 8.40. The van der Waals surface area contributed by atoms with Crippen molar-refractivity contribution in [3.8, 4) is 0 Å². The minimum absolute atomic E-state index is 0. The quantitative estimate of drug-likeness (QED) is 0.339. The number of aromatic nitrogens is 1. The first-order chi connectivity index (χ1) is 13.2. The normalized spacial score (nSPS) is 14.1. The van der Waals surface area contributed by atoms with Crippen molar-refractivity contribution >= 4 is 47.2 Å². The maximum absolute atomic E-state index is 11.7. The molecule has 3 rings (SSSR count). The molecule has 1 fully saturated rings. The highest BCUT2D eigenvalue weighted by Gasteiger charge is 2.19. The zero-order chi connectivity index (χ0) is 19.1. The molecule has 0 atom stereocenters. The average Bonchev–Trinajstić information content (AvgIpc) is 3.32. The van der Waals surface area contributed by atoms with Crippen molar-refractivity contribution in [3.05, 3.63) is 51.5 Å². The molecule has 8 heteroatoms. The van der Waals surface area contributed by atoms with Gasteiger partial charge in [-0.25, -0.2) is 4.98 Å². The van der Waals surface area contributed by atoms with E-state index >= 15 is 0 Å². The Labute approximate surface area is 187 Å². The molecule has 0 aliphatic carbocycles. The van der Waals surface area contributed by atoms with E-state index in [1.807, 2.05) is 11.1 Å². The number of rotatable bonds is 7. The van der Waals surface area contributed by atoms with Crippen molar-refractivity contribution in [2.75, 3.05) is 13.6 Å². The number of hydrogen-bond acceptors (Lipinski definition) is 4. The fourth-order valence-corrected chi connectivity index (χ4v) is 3.82. The number of benzene rings is 1. The number of nitrogens with zero attached hydrogens (tertiary/aromatic N) is 3. The molecule has 6 nitrogen and oxygen atoms in total. The molecule has 1 aromatic carbocycles. The summed E-state index contributed by atoms with van der Waals surface area (Å²) in [5, 5.41) is 7.69. The van der Waals surface area contributed by atoms with Crippen molar-refractivity contribution < 1.29 is 4.79 Å². The van der Waals surface area contributed by atoms with E-state index < -0.39 is 0 Å². The van der Waals surface area contributed by atoms with Crippen LogP contribution in [0.2, 0.25) is 0 Å². The maximum Gasteiger partial charge on any atom is 0.222 e. The van der Waals surface area contributed by atoms with Gasteiger partial charge in [-0.2, -0.15) is 0 Å². The predicted octanol–water partition coefficient (Wildman–Crippen LogP) is 3.31. The summed E-state index contributed by atoms with van der Waals surface area (Å²) in [6.07, 6.45) is 4.63. The monoisotopic (exact) mass is 513 g/mol. The van der Waals surface area contributed by atoms with Gasteiger partial charge in [0.1, 0.15) is 5.01 Å². The molecule has 1 aliphatic heterocycles. The Bertz CT molecular complexity index is 790. The van der Waals surface area contributed by atoms with Crippen LogP contribution in [0.5, 0.6) is 0 Å². The standard InChI is InChI=1S/C20H27N5OS.HI/c1-3-17-12-22-18(27-17)13-24-20(21-2)23-11-15-6-8-16(9-7-15)14-25-10-4-5-19(25)26;/h6-9,12H,3-5,10-11,13-14H2,1-2H3,(H2,21,23,24);1H. The predicted molar refractivity (Wildman–Crippen MR) is 125 cm³/mol. The van der Waals surface area contributed by atoms with Crippen molar-refractivity contribution in [2.45, 2.75) is 45.8 Å². The minimum Gasteiger partial charge on any atom is -0.352 e. The molecule has 2 aromatic rings. The minimum atomic E-state index is 0.